The summed E-state index contributed by atoms with van der Waals surface area (Å²) in [6, 6.07) is 7.13. The number of ether oxygens (including phenoxy) is 1. The maximum absolute atomic E-state index is 13.5. The predicted octanol–water partition coefficient (Wildman–Crippen LogP) is 4.99. The Morgan fingerprint density at radius 3 is 2.58 bits per heavy atom. The van der Waals surface area contributed by atoms with Gasteiger partial charge in [0.2, 0.25) is 11.8 Å². The second-order valence-corrected chi connectivity index (χ2v) is 16.2. The highest BCUT2D eigenvalue weighted by atomic mass is 28.3. The quantitative estimate of drug-likeness (QED) is 0.410. The van der Waals surface area contributed by atoms with E-state index in [2.05, 4.69) is 24.6 Å². The van der Waals surface area contributed by atoms with Gasteiger partial charge in [0.05, 0.1) is 17.4 Å². The minimum atomic E-state index is -2.66. The van der Waals surface area contributed by atoms with Crippen LogP contribution in [0.15, 0.2) is 24.5 Å². The van der Waals surface area contributed by atoms with Gasteiger partial charge in [0.1, 0.15) is 6.73 Å². The molecule has 1 aromatic carbocycles. The molecule has 2 aromatic rings. The number of rotatable bonds is 10. The largest absolute Gasteiger partial charge is 0.369 e. The number of fused-ring (bicyclic) bond motifs is 1. The summed E-state index contributed by atoms with van der Waals surface area (Å²) in [5.41, 5.74) is 8.52. The van der Waals surface area contributed by atoms with Gasteiger partial charge in [-0.15, -0.1) is 0 Å². The molecule has 0 spiro atoms. The van der Waals surface area contributed by atoms with Gasteiger partial charge in [0.15, 0.2) is 0 Å². The highest BCUT2D eigenvalue weighted by molar-refractivity contribution is 6.76. The van der Waals surface area contributed by atoms with E-state index in [1.807, 2.05) is 22.8 Å². The monoisotopic (exact) mass is 449 g/mol. The average Bonchev–Trinajstić information content (AvgIpc) is 3.40. The first-order chi connectivity index (χ1) is 14.5. The van der Waals surface area contributed by atoms with E-state index in [1.54, 1.807) is 6.33 Å². The van der Waals surface area contributed by atoms with Crippen LogP contribution in [-0.2, 0) is 16.3 Å². The molecule has 1 amide bonds. The molecule has 4 rings (SSSR count). The fourth-order valence-corrected chi connectivity index (χ4v) is 5.58. The number of carbonyl (C=O) groups excluding carboxylic acids is 1. The third-order valence-corrected chi connectivity index (χ3v) is 8.44. The van der Waals surface area contributed by atoms with E-state index in [0.29, 0.717) is 12.6 Å². The molecule has 2 aliphatic carbocycles. The predicted molar refractivity (Wildman–Crippen MR) is 120 cm³/mol. The lowest BCUT2D eigenvalue weighted by Crippen LogP contribution is -2.46. The van der Waals surface area contributed by atoms with E-state index in [9.17, 15) is 13.6 Å². The number of hydrogen-bond acceptors (Lipinski definition) is 3. The second kappa shape index (κ2) is 8.28. The maximum atomic E-state index is 13.5. The molecule has 5 nitrogen and oxygen atoms in total. The van der Waals surface area contributed by atoms with Crippen molar-refractivity contribution >= 4 is 25.0 Å². The molecule has 0 saturated heterocycles. The van der Waals surface area contributed by atoms with E-state index in [-0.39, 0.29) is 24.7 Å². The summed E-state index contributed by atoms with van der Waals surface area (Å²) in [4.78, 5) is 16.9. The molecule has 1 aromatic heterocycles. The number of primary amides is 1. The summed E-state index contributed by atoms with van der Waals surface area (Å²) in [6.45, 7) is 8.16. The molecule has 2 N–H and O–H groups in total. The summed E-state index contributed by atoms with van der Waals surface area (Å²) < 4.78 is 34.9. The highest BCUT2D eigenvalue weighted by Gasteiger charge is 2.54. The van der Waals surface area contributed by atoms with E-state index < -0.39 is 25.8 Å². The van der Waals surface area contributed by atoms with Crippen LogP contribution >= 0.6 is 0 Å². The minimum Gasteiger partial charge on any atom is -0.369 e. The first-order valence-electron chi connectivity index (χ1n) is 11.2. The van der Waals surface area contributed by atoms with Gasteiger partial charge in [-0.05, 0) is 54.3 Å². The van der Waals surface area contributed by atoms with Crippen LogP contribution in [0.25, 0.3) is 11.0 Å². The first-order valence-corrected chi connectivity index (χ1v) is 14.9. The lowest BCUT2D eigenvalue weighted by atomic mass is 9.65. The van der Waals surface area contributed by atoms with E-state index in [4.69, 9.17) is 10.5 Å². The lowest BCUT2D eigenvalue weighted by molar-refractivity contribution is -0.146. The van der Waals surface area contributed by atoms with E-state index in [1.165, 1.54) is 0 Å². The zero-order valence-corrected chi connectivity index (χ0v) is 19.6. The molecule has 2 unspecified atom stereocenters. The van der Waals surface area contributed by atoms with E-state index in [0.717, 1.165) is 42.1 Å². The van der Waals surface area contributed by atoms with Crippen molar-refractivity contribution in [2.45, 2.75) is 69.9 Å². The number of hydrogen-bond donors (Lipinski definition) is 1. The summed E-state index contributed by atoms with van der Waals surface area (Å²) in [7, 11) is -1.13. The first kappa shape index (κ1) is 22.4. The molecule has 2 aliphatic rings. The minimum absolute atomic E-state index is 0.110. The Kier molecular flexibility index (Phi) is 5.98. The number of imidazole rings is 1. The molecular formula is C23H33F2N3O2Si. The van der Waals surface area contributed by atoms with Gasteiger partial charge in [0, 0.05) is 33.4 Å². The van der Waals surface area contributed by atoms with Gasteiger partial charge in [-0.25, -0.2) is 13.8 Å². The Hall–Kier alpha value is -1.80. The molecule has 0 aliphatic heterocycles. The third-order valence-electron chi connectivity index (χ3n) is 6.73. The van der Waals surface area contributed by atoms with Crippen molar-refractivity contribution in [1.82, 2.24) is 9.55 Å². The standard InChI is InChI=1S/C23H33F2N3O2Si/c1-31(2,3)9-8-30-14-28-13-27-18-10-16(6-7-19(18)28)20(15-4-5-15)21(22(26)29)17-11-23(24,25)12-17/h6-7,10,13,15,17,20-21H,4-5,8-9,11-12,14H2,1-3H3,(H2,26,29). The molecule has 31 heavy (non-hydrogen) atoms. The van der Waals surface area contributed by atoms with Crippen molar-refractivity contribution in [3.8, 4) is 0 Å². The zero-order chi connectivity index (χ0) is 22.4. The molecule has 2 atom stereocenters. The number of halogens is 2. The Bertz CT molecular complexity index is 944. The Balaban J connectivity index is 1.52. The Morgan fingerprint density at radius 2 is 2.00 bits per heavy atom. The van der Waals surface area contributed by atoms with Gasteiger partial charge < -0.3 is 15.0 Å². The van der Waals surface area contributed by atoms with Crippen LogP contribution < -0.4 is 5.73 Å². The van der Waals surface area contributed by atoms with Crippen molar-refractivity contribution < 1.29 is 18.3 Å². The molecule has 0 bridgehead atoms. The number of aromatic nitrogens is 2. The smallest absolute Gasteiger partial charge is 0.248 e. The van der Waals surface area contributed by atoms with Crippen LogP contribution in [-0.4, -0.2) is 36.1 Å². The number of amides is 1. The fraction of sp³-hybridized carbons (Fsp3) is 0.652. The van der Waals surface area contributed by atoms with Crippen LogP contribution in [0, 0.1) is 17.8 Å². The number of carbonyl (C=O) groups is 1. The van der Waals surface area contributed by atoms with Crippen molar-refractivity contribution in [2.24, 2.45) is 23.5 Å². The summed E-state index contributed by atoms with van der Waals surface area (Å²) in [6.07, 6.45) is 3.31. The van der Waals surface area contributed by atoms with Crippen LogP contribution in [0.3, 0.4) is 0 Å². The Labute approximate surface area is 183 Å². The van der Waals surface area contributed by atoms with E-state index >= 15 is 0 Å². The lowest BCUT2D eigenvalue weighted by Gasteiger charge is -2.42. The molecule has 2 saturated carbocycles. The average molecular weight is 450 g/mol. The fourth-order valence-electron chi connectivity index (χ4n) is 4.82. The molecular weight excluding hydrogens is 416 g/mol. The van der Waals surface area contributed by atoms with Crippen molar-refractivity contribution in [1.29, 1.82) is 0 Å². The third kappa shape index (κ3) is 5.17. The topological polar surface area (TPSA) is 70.1 Å². The number of nitrogens with zero attached hydrogens (tertiary/aromatic N) is 2. The van der Waals surface area contributed by atoms with Crippen molar-refractivity contribution in [3.05, 3.63) is 30.1 Å². The van der Waals surface area contributed by atoms with Crippen molar-refractivity contribution in [2.75, 3.05) is 6.61 Å². The highest BCUT2D eigenvalue weighted by Crippen LogP contribution is 2.55. The Morgan fingerprint density at radius 1 is 1.29 bits per heavy atom. The van der Waals surface area contributed by atoms with Crippen LogP contribution in [0.5, 0.6) is 0 Å². The second-order valence-electron chi connectivity index (χ2n) is 10.6. The summed E-state index contributed by atoms with van der Waals surface area (Å²) in [5.74, 6) is -3.79. The number of nitrogens with two attached hydrogens (primary N) is 1. The van der Waals surface area contributed by atoms with Gasteiger partial charge >= 0.3 is 0 Å². The SMILES string of the molecule is C[Si](C)(C)CCOCn1cnc2cc(C(C3CC3)C(C(N)=O)C3CC(F)(F)C3)ccc21. The summed E-state index contributed by atoms with van der Waals surface area (Å²) >= 11 is 0. The summed E-state index contributed by atoms with van der Waals surface area (Å²) in [5, 5.41) is 0. The molecule has 1 heterocycles. The molecule has 8 heteroatoms. The van der Waals surface area contributed by atoms with Crippen LogP contribution in [0.4, 0.5) is 8.78 Å². The van der Waals surface area contributed by atoms with Gasteiger partial charge in [-0.1, -0.05) is 25.7 Å². The zero-order valence-electron chi connectivity index (χ0n) is 18.6. The number of benzene rings is 1. The van der Waals surface area contributed by atoms with Gasteiger partial charge in [0.25, 0.3) is 0 Å². The van der Waals surface area contributed by atoms with Gasteiger partial charge in [-0.2, -0.15) is 0 Å². The van der Waals surface area contributed by atoms with Crippen LogP contribution in [0.2, 0.25) is 25.7 Å². The van der Waals surface area contributed by atoms with Crippen molar-refractivity contribution in [3.63, 3.8) is 0 Å². The molecule has 170 valence electrons. The molecule has 2 fully saturated rings. The normalized spacial score (nSPS) is 21.1. The van der Waals surface area contributed by atoms with Gasteiger partial charge in [-0.3, -0.25) is 4.79 Å². The molecule has 0 radical (unpaired) electrons. The maximum Gasteiger partial charge on any atom is 0.248 e. The van der Waals surface area contributed by atoms with Crippen LogP contribution in [0.1, 0.15) is 37.2 Å². The number of alkyl halides is 2.